The largest absolute Gasteiger partial charge is 0.370 e. The van der Waals surface area contributed by atoms with Gasteiger partial charge in [0, 0.05) is 13.1 Å². The number of carbonyl (C=O) groups is 1. The maximum atomic E-state index is 10.8. The summed E-state index contributed by atoms with van der Waals surface area (Å²) in [4.78, 5) is 17.1. The van der Waals surface area contributed by atoms with Gasteiger partial charge in [0.15, 0.2) is 0 Å². The topological polar surface area (TPSA) is 111 Å². The van der Waals surface area contributed by atoms with Crippen LogP contribution in [0.4, 0.5) is 5.95 Å². The number of carbonyl (C=O) groups excluding carboxylic acids is 1. The van der Waals surface area contributed by atoms with E-state index in [0.29, 0.717) is 5.95 Å². The maximum absolute atomic E-state index is 10.8. The second kappa shape index (κ2) is 5.81. The van der Waals surface area contributed by atoms with Crippen molar-refractivity contribution >= 4 is 11.9 Å². The molecule has 1 atom stereocenters. The van der Waals surface area contributed by atoms with E-state index in [2.05, 4.69) is 15.0 Å². The van der Waals surface area contributed by atoms with Crippen molar-refractivity contribution in [3.8, 4) is 0 Å². The Labute approximate surface area is 105 Å². The Hall–Kier alpha value is -1.63. The molecule has 18 heavy (non-hydrogen) atoms. The Balaban J connectivity index is 2.02. The van der Waals surface area contributed by atoms with Gasteiger partial charge in [0.05, 0.1) is 12.5 Å². The van der Waals surface area contributed by atoms with Crippen LogP contribution in [0.1, 0.15) is 44.0 Å². The molecule has 1 amide bonds. The summed E-state index contributed by atoms with van der Waals surface area (Å²) in [5.74, 6) is 0.358. The Morgan fingerprint density at radius 1 is 1.33 bits per heavy atom. The second-order valence-corrected chi connectivity index (χ2v) is 4.61. The zero-order valence-electron chi connectivity index (χ0n) is 10.3. The molecule has 1 saturated heterocycles. The van der Waals surface area contributed by atoms with Gasteiger partial charge in [0.2, 0.25) is 11.8 Å². The molecule has 4 N–H and O–H groups in total. The Morgan fingerprint density at radius 2 is 2.00 bits per heavy atom. The summed E-state index contributed by atoms with van der Waals surface area (Å²) >= 11 is 0. The number of anilines is 1. The van der Waals surface area contributed by atoms with Crippen molar-refractivity contribution in [1.29, 1.82) is 0 Å². The SMILES string of the molecule is NC(=O)C[C@H](N)c1nc(N2CCCCCC2)no1. The Kier molecular flexibility index (Phi) is 4.14. The molecular weight excluding hydrogens is 234 g/mol. The molecule has 0 radical (unpaired) electrons. The van der Waals surface area contributed by atoms with E-state index in [-0.39, 0.29) is 12.3 Å². The number of rotatable bonds is 4. The fourth-order valence-electron chi connectivity index (χ4n) is 2.08. The normalized spacial score (nSPS) is 18.4. The summed E-state index contributed by atoms with van der Waals surface area (Å²) in [5, 5.41) is 3.92. The molecule has 0 saturated carbocycles. The molecule has 1 aromatic heterocycles. The number of hydrogen-bond donors (Lipinski definition) is 2. The van der Waals surface area contributed by atoms with Crippen molar-refractivity contribution in [2.24, 2.45) is 11.5 Å². The molecule has 0 aliphatic carbocycles. The van der Waals surface area contributed by atoms with Crippen molar-refractivity contribution in [1.82, 2.24) is 10.1 Å². The molecule has 1 aromatic rings. The van der Waals surface area contributed by atoms with Crippen LogP contribution in [-0.4, -0.2) is 29.1 Å². The third-order valence-corrected chi connectivity index (χ3v) is 3.06. The Bertz CT molecular complexity index is 398. The average molecular weight is 253 g/mol. The Morgan fingerprint density at radius 3 is 2.61 bits per heavy atom. The summed E-state index contributed by atoms with van der Waals surface area (Å²) in [7, 11) is 0. The van der Waals surface area contributed by atoms with E-state index < -0.39 is 11.9 Å². The molecule has 7 heteroatoms. The van der Waals surface area contributed by atoms with Crippen LogP contribution < -0.4 is 16.4 Å². The van der Waals surface area contributed by atoms with Crippen molar-refractivity contribution in [3.63, 3.8) is 0 Å². The molecule has 0 aromatic carbocycles. The van der Waals surface area contributed by atoms with Crippen molar-refractivity contribution in [2.75, 3.05) is 18.0 Å². The van der Waals surface area contributed by atoms with E-state index in [1.54, 1.807) is 0 Å². The summed E-state index contributed by atoms with van der Waals surface area (Å²) in [5.41, 5.74) is 10.8. The van der Waals surface area contributed by atoms with Gasteiger partial charge in [-0.3, -0.25) is 4.79 Å². The van der Waals surface area contributed by atoms with E-state index in [4.69, 9.17) is 16.0 Å². The van der Waals surface area contributed by atoms with E-state index in [1.165, 1.54) is 12.8 Å². The van der Waals surface area contributed by atoms with Crippen molar-refractivity contribution < 1.29 is 9.32 Å². The minimum atomic E-state index is -0.615. The average Bonchev–Trinajstić information content (AvgIpc) is 2.65. The van der Waals surface area contributed by atoms with Crippen LogP contribution in [0.15, 0.2) is 4.52 Å². The van der Waals surface area contributed by atoms with Gasteiger partial charge < -0.3 is 20.9 Å². The minimum absolute atomic E-state index is 0.0155. The quantitative estimate of drug-likeness (QED) is 0.799. The predicted molar refractivity (Wildman–Crippen MR) is 65.7 cm³/mol. The number of hydrogen-bond acceptors (Lipinski definition) is 6. The molecule has 2 rings (SSSR count). The van der Waals surface area contributed by atoms with E-state index in [1.807, 2.05) is 0 Å². The first-order valence-electron chi connectivity index (χ1n) is 6.29. The van der Waals surface area contributed by atoms with Crippen LogP contribution in [-0.2, 0) is 4.79 Å². The summed E-state index contributed by atoms with van der Waals surface area (Å²) in [6, 6.07) is -0.615. The van der Waals surface area contributed by atoms with Gasteiger partial charge in [-0.1, -0.05) is 12.8 Å². The van der Waals surface area contributed by atoms with Gasteiger partial charge in [-0.25, -0.2) is 0 Å². The number of primary amides is 1. The highest BCUT2D eigenvalue weighted by molar-refractivity contribution is 5.74. The van der Waals surface area contributed by atoms with Crippen LogP contribution in [0.3, 0.4) is 0 Å². The third kappa shape index (κ3) is 3.19. The standard InChI is InChI=1S/C11H19N5O2/c12-8(7-9(13)17)10-14-11(15-18-10)16-5-3-1-2-4-6-16/h8H,1-7,12H2,(H2,13,17)/t8-/m0/s1. The van der Waals surface area contributed by atoms with Gasteiger partial charge in [0.25, 0.3) is 5.95 Å². The lowest BCUT2D eigenvalue weighted by Crippen LogP contribution is -2.25. The molecule has 100 valence electrons. The molecule has 2 heterocycles. The molecule has 1 aliphatic heterocycles. The first-order valence-corrected chi connectivity index (χ1v) is 6.29. The lowest BCUT2D eigenvalue weighted by Gasteiger charge is -2.16. The maximum Gasteiger partial charge on any atom is 0.266 e. The zero-order chi connectivity index (χ0) is 13.0. The highest BCUT2D eigenvalue weighted by Crippen LogP contribution is 2.19. The van der Waals surface area contributed by atoms with Crippen molar-refractivity contribution in [2.45, 2.75) is 38.1 Å². The first kappa shape index (κ1) is 12.8. The highest BCUT2D eigenvalue weighted by Gasteiger charge is 2.20. The molecular formula is C11H19N5O2. The summed E-state index contributed by atoms with van der Waals surface area (Å²) in [6.07, 6.45) is 4.76. The van der Waals surface area contributed by atoms with Crippen LogP contribution in [0.25, 0.3) is 0 Å². The third-order valence-electron chi connectivity index (χ3n) is 3.06. The van der Waals surface area contributed by atoms with Crippen LogP contribution in [0.5, 0.6) is 0 Å². The van der Waals surface area contributed by atoms with Gasteiger partial charge >= 0.3 is 0 Å². The molecule has 1 aliphatic rings. The van der Waals surface area contributed by atoms with Crippen LogP contribution in [0.2, 0.25) is 0 Å². The summed E-state index contributed by atoms with van der Waals surface area (Å²) in [6.45, 7) is 1.87. The molecule has 1 fully saturated rings. The van der Waals surface area contributed by atoms with Crippen molar-refractivity contribution in [3.05, 3.63) is 5.89 Å². The molecule has 0 spiro atoms. The number of nitrogens with two attached hydrogens (primary N) is 2. The van der Waals surface area contributed by atoms with Crippen LogP contribution >= 0.6 is 0 Å². The highest BCUT2D eigenvalue weighted by atomic mass is 16.5. The second-order valence-electron chi connectivity index (χ2n) is 4.61. The van der Waals surface area contributed by atoms with Gasteiger partial charge in [-0.15, -0.1) is 0 Å². The van der Waals surface area contributed by atoms with E-state index >= 15 is 0 Å². The number of nitrogens with zero attached hydrogens (tertiary/aromatic N) is 3. The first-order chi connectivity index (χ1) is 8.66. The molecule has 7 nitrogen and oxygen atoms in total. The van der Waals surface area contributed by atoms with E-state index in [0.717, 1.165) is 25.9 Å². The van der Waals surface area contributed by atoms with Gasteiger partial charge in [-0.05, 0) is 18.0 Å². The number of aromatic nitrogens is 2. The lowest BCUT2D eigenvalue weighted by molar-refractivity contribution is -0.118. The van der Waals surface area contributed by atoms with Gasteiger partial charge in [0.1, 0.15) is 0 Å². The smallest absolute Gasteiger partial charge is 0.266 e. The predicted octanol–water partition coefficient (Wildman–Crippen LogP) is 0.325. The van der Waals surface area contributed by atoms with E-state index in [9.17, 15) is 4.79 Å². The molecule has 0 bridgehead atoms. The summed E-state index contributed by atoms with van der Waals surface area (Å²) < 4.78 is 5.09. The zero-order valence-corrected chi connectivity index (χ0v) is 10.3. The molecule has 0 unspecified atom stereocenters. The lowest BCUT2D eigenvalue weighted by atomic mass is 10.2. The fourth-order valence-corrected chi connectivity index (χ4v) is 2.08. The van der Waals surface area contributed by atoms with Gasteiger partial charge in [-0.2, -0.15) is 4.98 Å². The number of amides is 1. The fraction of sp³-hybridized carbons (Fsp3) is 0.727. The minimum Gasteiger partial charge on any atom is -0.370 e. The monoisotopic (exact) mass is 253 g/mol. The van der Waals surface area contributed by atoms with Crippen LogP contribution in [0, 0.1) is 0 Å².